The van der Waals surface area contributed by atoms with E-state index >= 15 is 0 Å². The summed E-state index contributed by atoms with van der Waals surface area (Å²) in [7, 11) is 0. The molecule has 7 rings (SSSR count). The monoisotopic (exact) mass is 382 g/mol. The summed E-state index contributed by atoms with van der Waals surface area (Å²) >= 11 is 0. The number of nitrogens with zero attached hydrogens (tertiary/aromatic N) is 1. The molecule has 0 radical (unpaired) electrons. The molecule has 4 aliphatic rings. The van der Waals surface area contributed by atoms with Crippen LogP contribution in [0.4, 0.5) is 0 Å². The highest BCUT2D eigenvalue weighted by Gasteiger charge is 2.59. The predicted octanol–water partition coefficient (Wildman–Crippen LogP) is 5.42. The maximum atomic E-state index is 7.01. The van der Waals surface area contributed by atoms with Crippen molar-refractivity contribution in [2.24, 2.45) is 17.7 Å². The molecule has 1 aromatic carbocycles. The van der Waals surface area contributed by atoms with Crippen LogP contribution in [0.2, 0.25) is 0 Å². The van der Waals surface area contributed by atoms with E-state index in [0.29, 0.717) is 5.92 Å². The maximum Gasteiger partial charge on any atom is 0.135 e. The number of allylic oxidation sites excluding steroid dienone is 1. The zero-order valence-electron chi connectivity index (χ0n) is 16.3. The summed E-state index contributed by atoms with van der Waals surface area (Å²) in [5.41, 5.74) is 4.29. The van der Waals surface area contributed by atoms with Crippen molar-refractivity contribution in [3.63, 3.8) is 0 Å². The van der Waals surface area contributed by atoms with Crippen LogP contribution >= 0.6 is 0 Å². The second kappa shape index (κ2) is 5.21. The molecule has 2 aromatic heterocycles. The smallest absolute Gasteiger partial charge is 0.135 e. The van der Waals surface area contributed by atoms with Gasteiger partial charge in [-0.1, -0.05) is 42.5 Å². The maximum absolute atomic E-state index is 7.01. The van der Waals surface area contributed by atoms with E-state index in [1.54, 1.807) is 0 Å². The minimum Gasteiger partial charge on any atom is -0.461 e. The van der Waals surface area contributed by atoms with Gasteiger partial charge in [0.15, 0.2) is 0 Å². The van der Waals surface area contributed by atoms with Crippen LogP contribution < -0.4 is 5.84 Å². The Hall–Kier alpha value is -2.82. The Morgan fingerprint density at radius 2 is 1.93 bits per heavy atom. The quantitative estimate of drug-likeness (QED) is 0.528. The van der Waals surface area contributed by atoms with Crippen molar-refractivity contribution >= 4 is 29.2 Å². The molecular formula is C25H22N2O2. The van der Waals surface area contributed by atoms with Gasteiger partial charge in [-0.25, -0.2) is 5.01 Å². The normalized spacial score (nSPS) is 31.4. The first-order valence-corrected chi connectivity index (χ1v) is 10.4. The highest BCUT2D eigenvalue weighted by atomic mass is 16.3. The molecule has 4 heteroatoms. The fraction of sp³-hybridized carbons (Fsp3) is 0.280. The van der Waals surface area contributed by atoms with E-state index in [9.17, 15) is 0 Å². The van der Waals surface area contributed by atoms with Crippen molar-refractivity contribution in [1.29, 1.82) is 0 Å². The Morgan fingerprint density at radius 1 is 1.07 bits per heavy atom. The number of rotatable bonds is 0. The highest BCUT2D eigenvalue weighted by Crippen LogP contribution is 2.61. The lowest BCUT2D eigenvalue weighted by atomic mass is 9.70. The van der Waals surface area contributed by atoms with Gasteiger partial charge in [0, 0.05) is 40.3 Å². The summed E-state index contributed by atoms with van der Waals surface area (Å²) in [5, 5.41) is 3.26. The van der Waals surface area contributed by atoms with Crippen molar-refractivity contribution < 1.29 is 8.83 Å². The van der Waals surface area contributed by atoms with E-state index in [1.807, 2.05) is 12.1 Å². The molecule has 0 saturated carbocycles. The predicted molar refractivity (Wildman–Crippen MR) is 113 cm³/mol. The Balaban J connectivity index is 1.48. The Labute approximate surface area is 168 Å². The highest BCUT2D eigenvalue weighted by molar-refractivity contribution is 5.86. The average Bonchev–Trinajstić information content (AvgIpc) is 3.37. The van der Waals surface area contributed by atoms with E-state index in [0.717, 1.165) is 41.1 Å². The minimum atomic E-state index is -0.331. The van der Waals surface area contributed by atoms with Gasteiger partial charge in [-0.2, -0.15) is 0 Å². The van der Waals surface area contributed by atoms with Crippen LogP contribution in [-0.2, 0) is 12.0 Å². The molecule has 4 unspecified atom stereocenters. The zero-order valence-corrected chi connectivity index (χ0v) is 16.3. The lowest BCUT2D eigenvalue weighted by molar-refractivity contribution is 0.0956. The van der Waals surface area contributed by atoms with Crippen LogP contribution in [-0.4, -0.2) is 5.01 Å². The van der Waals surface area contributed by atoms with Crippen molar-refractivity contribution in [3.8, 4) is 0 Å². The molecule has 1 saturated heterocycles. The average molecular weight is 382 g/mol. The van der Waals surface area contributed by atoms with E-state index < -0.39 is 0 Å². The standard InChI is InChI=1S/C25H22N2O2/c1-25-17(11-13-21-23(25)16-7-3-5-9-19(16)29-21)14-10-12-20-22(24(14)27(25)26)15-6-2-4-8-18(15)28-20/h2-4,6-8,10-14,17,24H,5,9,26H2,1H3. The van der Waals surface area contributed by atoms with Crippen LogP contribution in [0.25, 0.3) is 29.2 Å². The molecule has 0 amide bonds. The number of para-hydroxylation sites is 1. The van der Waals surface area contributed by atoms with E-state index in [4.69, 9.17) is 14.7 Å². The summed E-state index contributed by atoms with van der Waals surface area (Å²) in [4.78, 5) is 0. The van der Waals surface area contributed by atoms with Crippen LogP contribution in [0.3, 0.4) is 0 Å². The van der Waals surface area contributed by atoms with Gasteiger partial charge in [0.2, 0.25) is 0 Å². The van der Waals surface area contributed by atoms with Gasteiger partial charge >= 0.3 is 0 Å². The van der Waals surface area contributed by atoms with Crippen molar-refractivity contribution in [1.82, 2.24) is 5.01 Å². The molecule has 2 N–H and O–H groups in total. The summed E-state index contributed by atoms with van der Waals surface area (Å²) in [6, 6.07) is 8.35. The first-order valence-electron chi connectivity index (χ1n) is 10.4. The van der Waals surface area contributed by atoms with Crippen molar-refractivity contribution in [3.05, 3.63) is 76.5 Å². The molecule has 0 bridgehead atoms. The largest absolute Gasteiger partial charge is 0.461 e. The van der Waals surface area contributed by atoms with Crippen LogP contribution in [0, 0.1) is 11.8 Å². The van der Waals surface area contributed by atoms with Gasteiger partial charge in [-0.15, -0.1) is 0 Å². The molecule has 3 aromatic rings. The molecule has 1 aliphatic heterocycles. The van der Waals surface area contributed by atoms with Gasteiger partial charge < -0.3 is 8.83 Å². The number of hydrazine groups is 1. The van der Waals surface area contributed by atoms with Crippen LogP contribution in [0.15, 0.2) is 51.3 Å². The lowest BCUT2D eigenvalue weighted by Crippen LogP contribution is -2.48. The van der Waals surface area contributed by atoms with Crippen LogP contribution in [0.5, 0.6) is 0 Å². The third-order valence-corrected chi connectivity index (χ3v) is 7.53. The third kappa shape index (κ3) is 1.78. The fourth-order valence-corrected chi connectivity index (χ4v) is 6.22. The lowest BCUT2D eigenvalue weighted by Gasteiger charge is -2.39. The van der Waals surface area contributed by atoms with Crippen LogP contribution in [0.1, 0.15) is 53.4 Å². The Bertz CT molecular complexity index is 1270. The van der Waals surface area contributed by atoms with Gasteiger partial charge in [-0.3, -0.25) is 5.84 Å². The van der Waals surface area contributed by atoms with Crippen molar-refractivity contribution in [2.75, 3.05) is 0 Å². The fourth-order valence-electron chi connectivity index (χ4n) is 6.22. The minimum absolute atomic E-state index is 0.0716. The number of aryl methyl sites for hydroxylation is 1. The first-order chi connectivity index (χ1) is 14.2. The molecular weight excluding hydrogens is 360 g/mol. The SMILES string of the molecule is CC12c3c(oc4c3C=CCC4)C=CC1C1C=Cc3oc4ccccc4c3C1N2N. The van der Waals surface area contributed by atoms with Gasteiger partial charge in [-0.05, 0) is 31.6 Å². The number of nitrogens with two attached hydrogens (primary N) is 1. The zero-order chi connectivity index (χ0) is 19.3. The Morgan fingerprint density at radius 3 is 2.86 bits per heavy atom. The topological polar surface area (TPSA) is 55.5 Å². The molecule has 4 nitrogen and oxygen atoms in total. The number of benzene rings is 1. The van der Waals surface area contributed by atoms with E-state index in [1.165, 1.54) is 16.7 Å². The summed E-state index contributed by atoms with van der Waals surface area (Å²) in [6.45, 7) is 2.28. The van der Waals surface area contributed by atoms with E-state index in [-0.39, 0.29) is 17.5 Å². The molecule has 144 valence electrons. The Kier molecular flexibility index (Phi) is 2.88. The summed E-state index contributed by atoms with van der Waals surface area (Å²) in [5.74, 6) is 10.6. The second-order valence-corrected chi connectivity index (χ2v) is 8.82. The molecule has 0 spiro atoms. The second-order valence-electron chi connectivity index (χ2n) is 8.82. The van der Waals surface area contributed by atoms with Gasteiger partial charge in [0.25, 0.3) is 0 Å². The molecule has 29 heavy (non-hydrogen) atoms. The van der Waals surface area contributed by atoms with Gasteiger partial charge in [0.1, 0.15) is 22.9 Å². The third-order valence-electron chi connectivity index (χ3n) is 7.53. The molecule has 3 aliphatic carbocycles. The number of furan rings is 2. The first kappa shape index (κ1) is 16.0. The van der Waals surface area contributed by atoms with Gasteiger partial charge in [0.05, 0.1) is 11.6 Å². The molecule has 1 fully saturated rings. The molecule has 4 atom stereocenters. The van der Waals surface area contributed by atoms with E-state index in [2.05, 4.69) is 60.5 Å². The van der Waals surface area contributed by atoms with Crippen molar-refractivity contribution in [2.45, 2.75) is 31.3 Å². The number of hydrogen-bond acceptors (Lipinski definition) is 4. The molecule has 3 heterocycles. The number of fused-ring (bicyclic) bond motifs is 11. The summed E-state index contributed by atoms with van der Waals surface area (Å²) < 4.78 is 12.4. The number of hydrogen-bond donors (Lipinski definition) is 1. The summed E-state index contributed by atoms with van der Waals surface area (Å²) in [6.07, 6.45) is 15.4.